The molecule has 3 heterocycles. The Bertz CT molecular complexity index is 1380. The van der Waals surface area contributed by atoms with Crippen LogP contribution in [0, 0.1) is 0 Å². The normalized spacial score (nSPS) is 11.5. The predicted octanol–water partition coefficient (Wildman–Crippen LogP) is 7.21. The van der Waals surface area contributed by atoms with Crippen molar-refractivity contribution >= 4 is 21.8 Å². The van der Waals surface area contributed by atoms with Gasteiger partial charge in [0.2, 0.25) is 0 Å². The first-order chi connectivity index (χ1) is 19.3. The zero-order chi connectivity index (χ0) is 26.7. The summed E-state index contributed by atoms with van der Waals surface area (Å²) in [7, 11) is 0. The van der Waals surface area contributed by atoms with Gasteiger partial charge in [0, 0.05) is 65.5 Å². The molecule has 0 saturated carbocycles. The van der Waals surface area contributed by atoms with Crippen molar-refractivity contribution in [1.82, 2.24) is 4.57 Å². The lowest BCUT2D eigenvalue weighted by Crippen LogP contribution is -2.33. The van der Waals surface area contributed by atoms with Gasteiger partial charge in [-0.1, -0.05) is 68.5 Å². The second-order valence-corrected chi connectivity index (χ2v) is 10.8. The molecule has 0 atom stereocenters. The molecular weight excluding hydrogens is 476 g/mol. The molecule has 0 amide bonds. The van der Waals surface area contributed by atoms with Gasteiger partial charge in [-0.05, 0) is 42.6 Å². The minimum atomic E-state index is 0.735. The third kappa shape index (κ3) is 7.13. The van der Waals surface area contributed by atoms with Crippen LogP contribution in [0.1, 0.15) is 57.8 Å². The van der Waals surface area contributed by atoms with Crippen LogP contribution in [-0.4, -0.2) is 11.1 Å². The Morgan fingerprint density at radius 2 is 0.923 bits per heavy atom. The number of benzene rings is 2. The molecule has 5 aromatic rings. The highest BCUT2D eigenvalue weighted by Crippen LogP contribution is 2.29. The van der Waals surface area contributed by atoms with Crippen molar-refractivity contribution in [2.45, 2.75) is 77.4 Å². The van der Waals surface area contributed by atoms with Gasteiger partial charge in [-0.25, -0.2) is 9.13 Å². The van der Waals surface area contributed by atoms with Crippen LogP contribution in [0.25, 0.3) is 32.9 Å². The maximum Gasteiger partial charge on any atom is 0.169 e. The fourth-order valence-electron chi connectivity index (χ4n) is 5.74. The maximum atomic E-state index is 5.62. The van der Waals surface area contributed by atoms with Crippen LogP contribution < -0.4 is 14.9 Å². The topological polar surface area (TPSA) is 38.7 Å². The van der Waals surface area contributed by atoms with E-state index in [2.05, 4.69) is 111 Å². The number of rotatable bonds is 15. The van der Waals surface area contributed by atoms with Gasteiger partial charge < -0.3 is 10.3 Å². The molecule has 0 unspecified atom stereocenters. The van der Waals surface area contributed by atoms with Crippen LogP contribution in [0.15, 0.2) is 97.6 Å². The first-order valence-electron chi connectivity index (χ1n) is 15.0. The lowest BCUT2D eigenvalue weighted by molar-refractivity contribution is -0.697. The molecular formula is C35H44N4+2. The molecule has 0 fully saturated rings. The van der Waals surface area contributed by atoms with E-state index in [0.29, 0.717) is 0 Å². The number of nitrogens with zero attached hydrogens (tertiary/aromatic N) is 3. The minimum Gasteiger partial charge on any atom is -0.340 e. The highest BCUT2D eigenvalue weighted by atomic mass is 15.0. The lowest BCUT2D eigenvalue weighted by Gasteiger charge is -2.07. The van der Waals surface area contributed by atoms with E-state index in [9.17, 15) is 0 Å². The molecule has 2 N–H and O–H groups in total. The smallest absolute Gasteiger partial charge is 0.169 e. The average Bonchev–Trinajstić information content (AvgIpc) is 3.31. The third-order valence-corrected chi connectivity index (χ3v) is 7.96. The zero-order valence-electron chi connectivity index (χ0n) is 23.3. The first-order valence-corrected chi connectivity index (χ1v) is 15.0. The molecule has 0 spiro atoms. The average molecular weight is 521 g/mol. The van der Waals surface area contributed by atoms with Gasteiger partial charge in [0.05, 0.1) is 0 Å². The van der Waals surface area contributed by atoms with Crippen LogP contribution in [0.4, 0.5) is 0 Å². The molecule has 4 nitrogen and oxygen atoms in total. The summed E-state index contributed by atoms with van der Waals surface area (Å²) in [5, 5.41) is 2.76. The van der Waals surface area contributed by atoms with E-state index in [1.165, 1.54) is 84.3 Å². The number of nitrogens with two attached hydrogens (primary N) is 1. The van der Waals surface area contributed by atoms with Gasteiger partial charge in [-0.15, -0.1) is 0 Å². The summed E-state index contributed by atoms with van der Waals surface area (Å²) >= 11 is 0. The second kappa shape index (κ2) is 14.0. The Morgan fingerprint density at radius 1 is 0.487 bits per heavy atom. The molecule has 0 aliphatic rings. The summed E-state index contributed by atoms with van der Waals surface area (Å²) < 4.78 is 7.05. The van der Waals surface area contributed by atoms with Gasteiger partial charge in [-0.3, -0.25) is 0 Å². The Balaban J connectivity index is 0.956. The quantitative estimate of drug-likeness (QED) is 0.115. The largest absolute Gasteiger partial charge is 0.340 e. The number of pyridine rings is 2. The second-order valence-electron chi connectivity index (χ2n) is 10.8. The number of unbranched alkanes of at least 4 members (excludes halogenated alkanes) is 7. The Morgan fingerprint density at radius 3 is 1.44 bits per heavy atom. The lowest BCUT2D eigenvalue weighted by atomic mass is 10.1. The molecule has 0 aliphatic carbocycles. The van der Waals surface area contributed by atoms with Crippen LogP contribution in [-0.2, 0) is 19.6 Å². The summed E-state index contributed by atoms with van der Waals surface area (Å²) in [5.74, 6) is 0. The fourth-order valence-corrected chi connectivity index (χ4v) is 5.74. The molecule has 0 saturated heterocycles. The molecule has 202 valence electrons. The van der Waals surface area contributed by atoms with E-state index in [0.717, 1.165) is 32.6 Å². The van der Waals surface area contributed by atoms with E-state index in [4.69, 9.17) is 5.73 Å². The SMILES string of the molecule is NCCC[n+]1ccc(-c2cc[n+](CCCCCCCCCCn3c4ccccc4c4ccccc43)cc2)cc1. The Hall–Kier alpha value is -3.50. The number of aromatic nitrogens is 3. The first kappa shape index (κ1) is 27.1. The van der Waals surface area contributed by atoms with Crippen molar-refractivity contribution in [3.63, 3.8) is 0 Å². The maximum absolute atomic E-state index is 5.62. The van der Waals surface area contributed by atoms with Crippen LogP contribution in [0.5, 0.6) is 0 Å². The minimum absolute atomic E-state index is 0.735. The summed E-state index contributed by atoms with van der Waals surface area (Å²) in [5.41, 5.74) is 10.9. The number of aryl methyl sites for hydroxylation is 3. The van der Waals surface area contributed by atoms with E-state index in [-0.39, 0.29) is 0 Å². The highest BCUT2D eigenvalue weighted by Gasteiger charge is 2.09. The van der Waals surface area contributed by atoms with Gasteiger partial charge in [-0.2, -0.15) is 0 Å². The van der Waals surface area contributed by atoms with Crippen LogP contribution in [0.2, 0.25) is 0 Å². The summed E-state index contributed by atoms with van der Waals surface area (Å²) in [6.07, 6.45) is 20.3. The van der Waals surface area contributed by atoms with Crippen molar-refractivity contribution in [3.05, 3.63) is 97.6 Å². The van der Waals surface area contributed by atoms with Gasteiger partial charge in [0.1, 0.15) is 13.1 Å². The Labute approximate surface area is 233 Å². The molecule has 0 radical (unpaired) electrons. The molecule has 2 aromatic carbocycles. The molecule has 39 heavy (non-hydrogen) atoms. The van der Waals surface area contributed by atoms with E-state index in [1.54, 1.807) is 0 Å². The summed E-state index contributed by atoms with van der Waals surface area (Å²) in [6, 6.07) is 26.5. The third-order valence-electron chi connectivity index (χ3n) is 7.96. The van der Waals surface area contributed by atoms with Crippen LogP contribution >= 0.6 is 0 Å². The monoisotopic (exact) mass is 520 g/mol. The van der Waals surface area contributed by atoms with Crippen LogP contribution in [0.3, 0.4) is 0 Å². The van der Waals surface area contributed by atoms with Crippen molar-refractivity contribution in [1.29, 1.82) is 0 Å². The Kier molecular flexibility index (Phi) is 9.75. The number of para-hydroxylation sites is 2. The van der Waals surface area contributed by atoms with E-state index >= 15 is 0 Å². The molecule has 5 rings (SSSR count). The molecule has 3 aromatic heterocycles. The summed E-state index contributed by atoms with van der Waals surface area (Å²) in [6.45, 7) is 3.93. The van der Waals surface area contributed by atoms with Crippen molar-refractivity contribution in [2.75, 3.05) is 6.54 Å². The number of hydrogen-bond acceptors (Lipinski definition) is 1. The van der Waals surface area contributed by atoms with Gasteiger partial charge in [0.25, 0.3) is 0 Å². The number of hydrogen-bond donors (Lipinski definition) is 1. The fraction of sp³-hybridized carbons (Fsp3) is 0.371. The summed E-state index contributed by atoms with van der Waals surface area (Å²) in [4.78, 5) is 0. The zero-order valence-corrected chi connectivity index (χ0v) is 23.3. The predicted molar refractivity (Wildman–Crippen MR) is 162 cm³/mol. The van der Waals surface area contributed by atoms with E-state index in [1.807, 2.05) is 0 Å². The van der Waals surface area contributed by atoms with Crippen molar-refractivity contribution < 1.29 is 9.13 Å². The van der Waals surface area contributed by atoms with Crippen molar-refractivity contribution in [2.24, 2.45) is 5.73 Å². The van der Waals surface area contributed by atoms with Gasteiger partial charge in [0.15, 0.2) is 24.8 Å². The van der Waals surface area contributed by atoms with Gasteiger partial charge >= 0.3 is 0 Å². The highest BCUT2D eigenvalue weighted by molar-refractivity contribution is 6.07. The molecule has 0 bridgehead atoms. The molecule has 4 heteroatoms. The van der Waals surface area contributed by atoms with Crippen molar-refractivity contribution in [3.8, 4) is 11.1 Å². The van der Waals surface area contributed by atoms with E-state index < -0.39 is 0 Å². The standard InChI is InChI=1S/C35H44N4/c36-22-13-24-38-28-20-31(21-29-38)30-18-26-37(27-19-30)23-11-5-3-1-2-4-6-12-25-39-34-16-9-7-14-32(34)33-15-8-10-17-35(33)39/h7-10,14-21,26-29H,1-6,11-13,22-25,36H2/q+2. The number of fused-ring (bicyclic) bond motifs is 3. The molecule has 0 aliphatic heterocycles.